The van der Waals surface area contributed by atoms with E-state index in [1.54, 1.807) is 6.07 Å². The average molecular weight is 407 g/mol. The van der Waals surface area contributed by atoms with Crippen molar-refractivity contribution >= 4 is 29.6 Å². The van der Waals surface area contributed by atoms with Gasteiger partial charge >= 0.3 is 0 Å². The SMILES string of the molecule is Cc1ccc(Cl)cc1-c1ccc(/C=N\N2C(=O)[C@@H]3[C@H]4C=C[C@@H]([C@@H]5C[C@H]45)[C@@H]3C2=O)o1. The normalized spacial score (nSPS) is 34.2. The maximum Gasteiger partial charge on any atom is 0.254 e. The van der Waals surface area contributed by atoms with Crippen molar-refractivity contribution in [3.8, 4) is 11.3 Å². The zero-order valence-electron chi connectivity index (χ0n) is 15.8. The summed E-state index contributed by atoms with van der Waals surface area (Å²) in [6.45, 7) is 1.98. The van der Waals surface area contributed by atoms with Crippen molar-refractivity contribution in [1.29, 1.82) is 0 Å². The molecule has 146 valence electrons. The lowest BCUT2D eigenvalue weighted by Gasteiger charge is -2.37. The third kappa shape index (κ3) is 2.43. The Morgan fingerprint density at radius 3 is 2.45 bits per heavy atom. The summed E-state index contributed by atoms with van der Waals surface area (Å²) in [5, 5.41) is 5.93. The molecule has 0 spiro atoms. The monoisotopic (exact) mass is 406 g/mol. The molecule has 7 rings (SSSR count). The van der Waals surface area contributed by atoms with Crippen molar-refractivity contribution in [3.05, 3.63) is 58.8 Å². The van der Waals surface area contributed by atoms with Gasteiger partial charge in [0.05, 0.1) is 18.1 Å². The predicted octanol–water partition coefficient (Wildman–Crippen LogP) is 4.30. The van der Waals surface area contributed by atoms with E-state index in [1.165, 1.54) is 6.21 Å². The van der Waals surface area contributed by atoms with Gasteiger partial charge in [0.25, 0.3) is 11.8 Å². The van der Waals surface area contributed by atoms with Crippen LogP contribution in [0.4, 0.5) is 0 Å². The molecular formula is C23H19ClN2O3. The van der Waals surface area contributed by atoms with Crippen molar-refractivity contribution < 1.29 is 14.0 Å². The van der Waals surface area contributed by atoms with Crippen LogP contribution in [0.3, 0.4) is 0 Å². The van der Waals surface area contributed by atoms with Crippen LogP contribution in [0.25, 0.3) is 11.3 Å². The van der Waals surface area contributed by atoms with Crippen LogP contribution in [-0.4, -0.2) is 23.0 Å². The number of halogens is 1. The number of hydrazone groups is 1. The Bertz CT molecular complexity index is 1080. The quantitative estimate of drug-likeness (QED) is 0.434. The summed E-state index contributed by atoms with van der Waals surface area (Å²) in [6, 6.07) is 9.23. The van der Waals surface area contributed by atoms with E-state index < -0.39 is 0 Å². The number of rotatable bonds is 3. The van der Waals surface area contributed by atoms with Crippen LogP contribution in [-0.2, 0) is 9.59 Å². The molecule has 1 aromatic carbocycles. The highest BCUT2D eigenvalue weighted by Crippen LogP contribution is 2.65. The number of allylic oxidation sites excluding steroid dienone is 2. The Labute approximate surface area is 173 Å². The van der Waals surface area contributed by atoms with E-state index in [4.69, 9.17) is 16.0 Å². The van der Waals surface area contributed by atoms with Crippen LogP contribution in [0.15, 0.2) is 52.0 Å². The molecule has 2 amide bonds. The van der Waals surface area contributed by atoms with Gasteiger partial charge in [-0.3, -0.25) is 9.59 Å². The highest BCUT2D eigenvalue weighted by molar-refractivity contribution is 6.30. The number of aryl methyl sites for hydroxylation is 1. The first-order valence-electron chi connectivity index (χ1n) is 9.99. The summed E-state index contributed by atoms with van der Waals surface area (Å²) in [5.41, 5.74) is 1.95. The first kappa shape index (κ1) is 17.2. The molecule has 2 bridgehead atoms. The van der Waals surface area contributed by atoms with Gasteiger partial charge in [-0.25, -0.2) is 0 Å². The second-order valence-corrected chi connectivity index (χ2v) is 8.99. The highest BCUT2D eigenvalue weighted by Gasteiger charge is 2.67. The fraction of sp³-hybridized carbons (Fsp3) is 0.348. The minimum atomic E-state index is -0.236. The summed E-state index contributed by atoms with van der Waals surface area (Å²) >= 11 is 6.10. The minimum absolute atomic E-state index is 0.168. The summed E-state index contributed by atoms with van der Waals surface area (Å²) in [5.74, 6) is 1.91. The molecule has 2 saturated carbocycles. The van der Waals surface area contributed by atoms with E-state index in [-0.39, 0.29) is 35.5 Å². The summed E-state index contributed by atoms with van der Waals surface area (Å²) < 4.78 is 5.86. The fourth-order valence-electron chi connectivity index (χ4n) is 5.60. The molecule has 4 aliphatic carbocycles. The first-order valence-corrected chi connectivity index (χ1v) is 10.4. The minimum Gasteiger partial charge on any atom is -0.455 e. The molecule has 1 aliphatic heterocycles. The summed E-state index contributed by atoms with van der Waals surface area (Å²) in [6.07, 6.45) is 6.92. The number of carbonyl (C=O) groups excluding carboxylic acids is 2. The molecule has 2 heterocycles. The van der Waals surface area contributed by atoms with Gasteiger partial charge in [-0.15, -0.1) is 0 Å². The third-order valence-electron chi connectivity index (χ3n) is 7.03. The molecule has 5 nitrogen and oxygen atoms in total. The van der Waals surface area contributed by atoms with E-state index in [9.17, 15) is 9.59 Å². The molecule has 0 radical (unpaired) electrons. The van der Waals surface area contributed by atoms with Gasteiger partial charge in [0, 0.05) is 10.6 Å². The lowest BCUT2D eigenvalue weighted by Crippen LogP contribution is -2.40. The Morgan fingerprint density at radius 2 is 1.76 bits per heavy atom. The van der Waals surface area contributed by atoms with Gasteiger partial charge in [-0.2, -0.15) is 10.1 Å². The van der Waals surface area contributed by atoms with Crippen molar-refractivity contribution in [2.75, 3.05) is 0 Å². The lowest BCUT2D eigenvalue weighted by molar-refractivity contribution is -0.140. The van der Waals surface area contributed by atoms with Crippen LogP contribution in [0.5, 0.6) is 0 Å². The van der Waals surface area contributed by atoms with E-state index in [0.29, 0.717) is 28.4 Å². The molecule has 29 heavy (non-hydrogen) atoms. The number of imide groups is 1. The Hall–Kier alpha value is -2.66. The lowest BCUT2D eigenvalue weighted by atomic mass is 9.63. The Balaban J connectivity index is 1.26. The Kier molecular flexibility index (Phi) is 3.52. The standard InChI is InChI=1S/C23H19ClN2O3/c1-11-2-3-12(24)8-16(11)19-7-4-13(29-19)10-25-26-22(27)20-14-5-6-15(18-9-17(14)18)21(20)23(26)28/h2-8,10,14-15,17-18,20-21H,9H2,1H3/b25-10-/t14-,15-,17-,18+,20-,21+/m0/s1. The number of benzene rings is 1. The molecule has 2 aromatic rings. The number of hydrogen-bond donors (Lipinski definition) is 0. The third-order valence-corrected chi connectivity index (χ3v) is 7.27. The van der Waals surface area contributed by atoms with Gasteiger partial charge in [-0.05, 0) is 66.8 Å². The number of amides is 2. The summed E-state index contributed by atoms with van der Waals surface area (Å²) in [4.78, 5) is 25.9. The largest absolute Gasteiger partial charge is 0.455 e. The van der Waals surface area contributed by atoms with Gasteiger partial charge in [0.2, 0.25) is 0 Å². The smallest absolute Gasteiger partial charge is 0.254 e. The van der Waals surface area contributed by atoms with Crippen LogP contribution < -0.4 is 0 Å². The topological polar surface area (TPSA) is 62.9 Å². The molecule has 1 aromatic heterocycles. The molecule has 5 aliphatic rings. The van der Waals surface area contributed by atoms with Crippen LogP contribution in [0.2, 0.25) is 5.02 Å². The Morgan fingerprint density at radius 1 is 1.07 bits per heavy atom. The maximum atomic E-state index is 12.9. The predicted molar refractivity (Wildman–Crippen MR) is 108 cm³/mol. The van der Waals surface area contributed by atoms with Crippen LogP contribution >= 0.6 is 11.6 Å². The van der Waals surface area contributed by atoms with Crippen molar-refractivity contribution in [2.24, 2.45) is 40.6 Å². The highest BCUT2D eigenvalue weighted by atomic mass is 35.5. The first-order chi connectivity index (χ1) is 14.0. The second-order valence-electron chi connectivity index (χ2n) is 8.55. The molecule has 0 N–H and O–H groups in total. The number of nitrogens with zero attached hydrogens (tertiary/aromatic N) is 2. The molecule has 0 unspecified atom stereocenters. The average Bonchev–Trinajstić information content (AvgIpc) is 3.36. The fourth-order valence-corrected chi connectivity index (χ4v) is 5.77. The summed E-state index contributed by atoms with van der Waals surface area (Å²) in [7, 11) is 0. The van der Waals surface area contributed by atoms with E-state index in [2.05, 4.69) is 17.3 Å². The van der Waals surface area contributed by atoms with Gasteiger partial charge in [-0.1, -0.05) is 29.8 Å². The number of carbonyl (C=O) groups is 2. The van der Waals surface area contributed by atoms with Gasteiger partial charge in [0.1, 0.15) is 11.5 Å². The maximum absolute atomic E-state index is 12.9. The van der Waals surface area contributed by atoms with Gasteiger partial charge in [0.15, 0.2) is 0 Å². The van der Waals surface area contributed by atoms with E-state index in [0.717, 1.165) is 22.6 Å². The number of furan rings is 1. The van der Waals surface area contributed by atoms with Crippen molar-refractivity contribution in [3.63, 3.8) is 0 Å². The van der Waals surface area contributed by atoms with Gasteiger partial charge < -0.3 is 4.42 Å². The second kappa shape index (κ2) is 5.92. The molecule has 6 heteroatoms. The molecule has 6 atom stereocenters. The molecule has 1 saturated heterocycles. The van der Waals surface area contributed by atoms with E-state index >= 15 is 0 Å². The van der Waals surface area contributed by atoms with Crippen LogP contribution in [0.1, 0.15) is 17.7 Å². The molecular weight excluding hydrogens is 388 g/mol. The zero-order chi connectivity index (χ0) is 19.9. The zero-order valence-corrected chi connectivity index (χ0v) is 16.5. The van der Waals surface area contributed by atoms with E-state index in [1.807, 2.05) is 31.2 Å². The molecule has 3 fully saturated rings. The number of hydrogen-bond acceptors (Lipinski definition) is 4. The van der Waals surface area contributed by atoms with Crippen molar-refractivity contribution in [1.82, 2.24) is 5.01 Å². The van der Waals surface area contributed by atoms with Crippen molar-refractivity contribution in [2.45, 2.75) is 13.3 Å². The van der Waals surface area contributed by atoms with Crippen LogP contribution in [0, 0.1) is 42.4 Å².